The Morgan fingerprint density at radius 2 is 1.25 bits per heavy atom. The number of hydrogen-bond acceptors (Lipinski definition) is 1. The fourth-order valence-corrected chi connectivity index (χ4v) is 4.97. The average Bonchev–Trinajstić information content (AvgIpc) is 2.63. The normalized spacial score (nSPS) is 12.2. The van der Waals surface area contributed by atoms with Crippen LogP contribution in [0.3, 0.4) is 0 Å². The van der Waals surface area contributed by atoms with Crippen molar-refractivity contribution in [1.29, 1.82) is 0 Å². The van der Waals surface area contributed by atoms with Crippen LogP contribution in [-0.2, 0) is 4.57 Å². The van der Waals surface area contributed by atoms with E-state index in [9.17, 15) is 4.57 Å². The summed E-state index contributed by atoms with van der Waals surface area (Å²) in [4.78, 5) is 0. The summed E-state index contributed by atoms with van der Waals surface area (Å²) in [5.74, 6) is 0. The summed E-state index contributed by atoms with van der Waals surface area (Å²) < 4.78 is 19.6. The van der Waals surface area contributed by atoms with Gasteiger partial charge in [-0.15, -0.1) is 0 Å². The highest BCUT2D eigenvalue weighted by atomic mass is 79.9. The van der Waals surface area contributed by atoms with Crippen molar-refractivity contribution in [3.8, 4) is 0 Å². The minimum absolute atomic E-state index is 0.743. The molecule has 120 valence electrons. The molecule has 0 bridgehead atoms. The molecule has 0 fully saturated rings. The first-order valence-corrected chi connectivity index (χ1v) is 10.1. The molecule has 3 rings (SSSR count). The van der Waals surface area contributed by atoms with E-state index in [0.29, 0.717) is 0 Å². The third-order valence-corrected chi connectivity index (χ3v) is 6.87. The lowest BCUT2D eigenvalue weighted by Crippen LogP contribution is -2.15. The summed E-state index contributed by atoms with van der Waals surface area (Å²) >= 11 is 3.43. The Bertz CT molecular complexity index is 846. The number of nitrogens with zero attached hydrogens (tertiary/aromatic N) is 1. The fraction of sp³-hybridized carbons (Fsp3) is 0.0500. The molecule has 3 aromatic carbocycles. The summed E-state index contributed by atoms with van der Waals surface area (Å²) in [7, 11) is -3.08. The van der Waals surface area contributed by atoms with E-state index < -0.39 is 7.29 Å². The lowest BCUT2D eigenvalue weighted by molar-refractivity contribution is 0.588. The smallest absolute Gasteiger partial charge is 0.247 e. The van der Waals surface area contributed by atoms with Gasteiger partial charge in [-0.2, -0.15) is 0 Å². The molecule has 0 saturated heterocycles. The van der Waals surface area contributed by atoms with Gasteiger partial charge in [0.15, 0.2) is 0 Å². The molecule has 0 unspecified atom stereocenters. The van der Waals surface area contributed by atoms with E-state index in [1.165, 1.54) is 0 Å². The zero-order chi connectivity index (χ0) is 17.0. The molecule has 4 heteroatoms. The van der Waals surface area contributed by atoms with Crippen LogP contribution in [-0.4, -0.2) is 5.71 Å². The molecule has 0 atom stereocenters. The second-order valence-corrected chi connectivity index (χ2v) is 8.74. The second kappa shape index (κ2) is 7.29. The lowest BCUT2D eigenvalue weighted by Gasteiger charge is -2.16. The highest BCUT2D eigenvalue weighted by Crippen LogP contribution is 2.45. The van der Waals surface area contributed by atoms with Crippen molar-refractivity contribution in [2.24, 2.45) is 4.76 Å². The lowest BCUT2D eigenvalue weighted by atomic mass is 10.1. The minimum Gasteiger partial charge on any atom is -0.288 e. The predicted octanol–water partition coefficient (Wildman–Crippen LogP) is 5.19. The van der Waals surface area contributed by atoms with Gasteiger partial charge in [-0.3, -0.25) is 4.57 Å². The van der Waals surface area contributed by atoms with Gasteiger partial charge in [-0.05, 0) is 48.9 Å². The number of hydrogen-bond donors (Lipinski definition) is 0. The number of benzene rings is 3. The first kappa shape index (κ1) is 16.9. The third kappa shape index (κ3) is 3.58. The van der Waals surface area contributed by atoms with Crippen molar-refractivity contribution >= 4 is 39.5 Å². The standard InChI is InChI=1S/C20H17BrNOP/c1-16(17-12-14-18(21)15-13-17)22-24(23,19-8-4-2-5-9-19)20-10-6-3-7-11-20/h2-15H,1H3/b22-16-. The molecule has 0 aliphatic rings. The maximum Gasteiger partial charge on any atom is 0.247 e. The van der Waals surface area contributed by atoms with Gasteiger partial charge in [-0.25, -0.2) is 4.76 Å². The Hall–Kier alpha value is -1.96. The average molecular weight is 398 g/mol. The fourth-order valence-electron chi connectivity index (χ4n) is 2.48. The summed E-state index contributed by atoms with van der Waals surface area (Å²) in [5.41, 5.74) is 1.73. The van der Waals surface area contributed by atoms with Gasteiger partial charge >= 0.3 is 0 Å². The zero-order valence-electron chi connectivity index (χ0n) is 13.3. The second-order valence-electron chi connectivity index (χ2n) is 5.44. The Balaban J connectivity index is 2.14. The van der Waals surface area contributed by atoms with E-state index in [-0.39, 0.29) is 0 Å². The van der Waals surface area contributed by atoms with Gasteiger partial charge < -0.3 is 0 Å². The molecule has 0 saturated carbocycles. The Morgan fingerprint density at radius 3 is 1.71 bits per heavy atom. The van der Waals surface area contributed by atoms with Crippen LogP contribution >= 0.6 is 23.2 Å². The van der Waals surface area contributed by atoms with Crippen molar-refractivity contribution in [3.05, 3.63) is 95.0 Å². The van der Waals surface area contributed by atoms with E-state index in [0.717, 1.165) is 26.4 Å². The van der Waals surface area contributed by atoms with E-state index in [2.05, 4.69) is 15.9 Å². The Morgan fingerprint density at radius 1 is 0.792 bits per heavy atom. The molecule has 24 heavy (non-hydrogen) atoms. The molecule has 0 aromatic heterocycles. The molecular weight excluding hydrogens is 381 g/mol. The van der Waals surface area contributed by atoms with Crippen LogP contribution in [0.2, 0.25) is 0 Å². The summed E-state index contributed by atoms with van der Waals surface area (Å²) in [6.07, 6.45) is 0. The molecule has 2 nitrogen and oxygen atoms in total. The van der Waals surface area contributed by atoms with Gasteiger partial charge in [0.25, 0.3) is 0 Å². The van der Waals surface area contributed by atoms with Crippen LogP contribution in [0.1, 0.15) is 12.5 Å². The molecule has 0 aliphatic heterocycles. The molecular formula is C20H17BrNOP. The van der Waals surface area contributed by atoms with Crippen LogP contribution < -0.4 is 10.6 Å². The highest BCUT2D eigenvalue weighted by molar-refractivity contribution is 9.10. The van der Waals surface area contributed by atoms with Crippen LogP contribution in [0, 0.1) is 0 Å². The Labute approximate surface area is 150 Å². The molecule has 0 radical (unpaired) electrons. The molecule has 0 heterocycles. The van der Waals surface area contributed by atoms with Gasteiger partial charge in [0, 0.05) is 20.8 Å². The third-order valence-electron chi connectivity index (χ3n) is 3.77. The monoisotopic (exact) mass is 397 g/mol. The quantitative estimate of drug-likeness (QED) is 0.440. The Kier molecular flexibility index (Phi) is 5.13. The van der Waals surface area contributed by atoms with Gasteiger partial charge in [0.05, 0.1) is 0 Å². The summed E-state index contributed by atoms with van der Waals surface area (Å²) in [6.45, 7) is 1.90. The van der Waals surface area contributed by atoms with Gasteiger partial charge in [0.2, 0.25) is 7.29 Å². The van der Waals surface area contributed by atoms with Crippen LogP contribution in [0.15, 0.2) is 94.2 Å². The van der Waals surface area contributed by atoms with Crippen molar-refractivity contribution in [3.63, 3.8) is 0 Å². The van der Waals surface area contributed by atoms with Crippen molar-refractivity contribution in [1.82, 2.24) is 0 Å². The SMILES string of the molecule is C/C(=N/P(=O)(c1ccccc1)c1ccccc1)c1ccc(Br)cc1. The van der Waals surface area contributed by atoms with E-state index >= 15 is 0 Å². The molecule has 0 N–H and O–H groups in total. The number of rotatable bonds is 4. The van der Waals surface area contributed by atoms with Gasteiger partial charge in [-0.1, -0.05) is 64.5 Å². The largest absolute Gasteiger partial charge is 0.288 e. The first-order valence-electron chi connectivity index (χ1n) is 7.64. The predicted molar refractivity (Wildman–Crippen MR) is 106 cm³/mol. The zero-order valence-corrected chi connectivity index (χ0v) is 15.7. The van der Waals surface area contributed by atoms with E-state index in [1.54, 1.807) is 0 Å². The first-order chi connectivity index (χ1) is 11.6. The van der Waals surface area contributed by atoms with Crippen LogP contribution in [0.4, 0.5) is 0 Å². The van der Waals surface area contributed by atoms with Crippen molar-refractivity contribution in [2.45, 2.75) is 6.92 Å². The summed E-state index contributed by atoms with van der Waals surface area (Å²) in [5, 5.41) is 1.49. The minimum atomic E-state index is -3.08. The van der Waals surface area contributed by atoms with Gasteiger partial charge in [0.1, 0.15) is 0 Å². The van der Waals surface area contributed by atoms with Crippen molar-refractivity contribution in [2.75, 3.05) is 0 Å². The topological polar surface area (TPSA) is 29.4 Å². The maximum atomic E-state index is 13.9. The molecule has 0 amide bonds. The van der Waals surface area contributed by atoms with E-state index in [1.807, 2.05) is 91.9 Å². The van der Waals surface area contributed by atoms with Crippen LogP contribution in [0.25, 0.3) is 0 Å². The number of halogens is 1. The van der Waals surface area contributed by atoms with Crippen LogP contribution in [0.5, 0.6) is 0 Å². The highest BCUT2D eigenvalue weighted by Gasteiger charge is 2.26. The summed E-state index contributed by atoms with van der Waals surface area (Å²) in [6, 6.07) is 26.8. The molecule has 0 spiro atoms. The molecule has 3 aromatic rings. The maximum absolute atomic E-state index is 13.9. The van der Waals surface area contributed by atoms with Crippen molar-refractivity contribution < 1.29 is 4.57 Å². The molecule has 0 aliphatic carbocycles. The van der Waals surface area contributed by atoms with E-state index in [4.69, 9.17) is 4.76 Å².